The van der Waals surface area contributed by atoms with Gasteiger partial charge in [0.1, 0.15) is 34.7 Å². The molecular formula is C33H31BClF3N6O11. The van der Waals surface area contributed by atoms with Crippen LogP contribution in [0.15, 0.2) is 36.4 Å². The molecule has 6 rings (SSSR count). The van der Waals surface area contributed by atoms with Crippen LogP contribution in [0.3, 0.4) is 0 Å². The number of hydrogen-bond acceptors (Lipinski definition) is 10. The number of aromatic carboxylic acids is 1. The molecule has 17 nitrogen and oxygen atoms in total. The van der Waals surface area contributed by atoms with Crippen LogP contribution in [0.4, 0.5) is 33.2 Å². The fourth-order valence-corrected chi connectivity index (χ4v) is 6.86. The van der Waals surface area contributed by atoms with E-state index in [1.807, 2.05) is 0 Å². The summed E-state index contributed by atoms with van der Waals surface area (Å²) in [6.07, 6.45) is 0.248. The third-order valence-corrected chi connectivity index (χ3v) is 9.86. The largest absolute Gasteiger partial charge is 0.547 e. The highest BCUT2D eigenvalue weighted by Crippen LogP contribution is 2.41. The topological polar surface area (TPSA) is 242 Å². The number of piperidine rings is 1. The summed E-state index contributed by atoms with van der Waals surface area (Å²) in [5, 5.41) is 56.1. The summed E-state index contributed by atoms with van der Waals surface area (Å²) >= 11 is 6.18. The molecular weight excluding hydrogens is 760 g/mol. The lowest BCUT2D eigenvalue weighted by molar-refractivity contribution is -0.123. The number of carboxylic acid groups (broad SMARTS) is 1. The molecule has 0 aromatic heterocycles. The summed E-state index contributed by atoms with van der Waals surface area (Å²) in [5.74, 6) is -10.7. The maximum Gasteiger partial charge on any atom is 0.547 e. The molecule has 3 aromatic carbocycles. The van der Waals surface area contributed by atoms with Crippen molar-refractivity contribution in [2.45, 2.75) is 37.3 Å². The molecule has 3 aromatic rings. The fraction of sp³-hybridized carbons (Fsp3) is 0.303. The first-order valence-electron chi connectivity index (χ1n) is 16.6. The van der Waals surface area contributed by atoms with Crippen LogP contribution in [0.25, 0.3) is 0 Å². The molecule has 2 saturated heterocycles. The Kier molecular flexibility index (Phi) is 10.8. The average Bonchev–Trinajstić information content (AvgIpc) is 3.54. The Morgan fingerprint density at radius 3 is 2.29 bits per heavy atom. The Morgan fingerprint density at radius 1 is 0.909 bits per heavy atom. The summed E-state index contributed by atoms with van der Waals surface area (Å²) in [6, 6.07) is 0.766. The van der Waals surface area contributed by atoms with Gasteiger partial charge in [0.05, 0.1) is 16.7 Å². The number of phenols is 3. The van der Waals surface area contributed by atoms with Crippen LogP contribution < -0.4 is 20.6 Å². The summed E-state index contributed by atoms with van der Waals surface area (Å²) < 4.78 is 48.2. The molecule has 0 bridgehead atoms. The Labute approximate surface area is 314 Å². The third kappa shape index (κ3) is 7.65. The van der Waals surface area contributed by atoms with E-state index in [0.717, 1.165) is 29.2 Å². The first-order valence-corrected chi connectivity index (χ1v) is 17.0. The maximum atomic E-state index is 14.7. The molecule has 3 aliphatic heterocycles. The van der Waals surface area contributed by atoms with Crippen molar-refractivity contribution < 1.29 is 67.2 Å². The van der Waals surface area contributed by atoms with Crippen molar-refractivity contribution in [3.05, 3.63) is 75.6 Å². The van der Waals surface area contributed by atoms with Crippen molar-refractivity contribution in [2.24, 2.45) is 0 Å². The average molecular weight is 791 g/mol. The molecule has 0 aliphatic carbocycles. The quantitative estimate of drug-likeness (QED) is 0.128. The minimum atomic E-state index is -1.99. The van der Waals surface area contributed by atoms with Crippen LogP contribution in [0.5, 0.6) is 23.0 Å². The number of halogens is 4. The molecule has 0 saturated carbocycles. The van der Waals surface area contributed by atoms with E-state index in [0.29, 0.717) is 6.07 Å². The highest BCUT2D eigenvalue weighted by molar-refractivity contribution is 6.47. The van der Waals surface area contributed by atoms with E-state index in [-0.39, 0.29) is 62.4 Å². The number of amides is 7. The van der Waals surface area contributed by atoms with E-state index in [4.69, 9.17) is 16.3 Å². The van der Waals surface area contributed by atoms with Gasteiger partial charge in [-0.05, 0) is 49.1 Å². The van der Waals surface area contributed by atoms with Crippen LogP contribution >= 0.6 is 11.6 Å². The van der Waals surface area contributed by atoms with Gasteiger partial charge >= 0.3 is 31.2 Å². The minimum Gasteiger partial charge on any atom is -0.534 e. The Balaban J connectivity index is 1.15. The number of likely N-dealkylation sites (tertiary alicyclic amines) is 1. The Hall–Kier alpha value is -6.09. The van der Waals surface area contributed by atoms with Crippen molar-refractivity contribution in [3.8, 4) is 23.0 Å². The lowest BCUT2D eigenvalue weighted by Gasteiger charge is -2.36. The number of imide groups is 1. The lowest BCUT2D eigenvalue weighted by atomic mass is 9.72. The van der Waals surface area contributed by atoms with Crippen molar-refractivity contribution in [1.82, 2.24) is 25.3 Å². The number of carbonyl (C=O) groups is 5. The maximum absolute atomic E-state index is 14.7. The van der Waals surface area contributed by atoms with Gasteiger partial charge in [-0.15, -0.1) is 0 Å². The molecule has 2 fully saturated rings. The van der Waals surface area contributed by atoms with E-state index < -0.39 is 106 Å². The van der Waals surface area contributed by atoms with Gasteiger partial charge in [0.2, 0.25) is 5.91 Å². The van der Waals surface area contributed by atoms with E-state index in [1.54, 1.807) is 0 Å². The van der Waals surface area contributed by atoms with Crippen molar-refractivity contribution >= 4 is 54.4 Å². The second kappa shape index (κ2) is 15.3. The van der Waals surface area contributed by atoms with Crippen LogP contribution in [0, 0.1) is 17.5 Å². The molecule has 3 heterocycles. The van der Waals surface area contributed by atoms with Gasteiger partial charge in [0.15, 0.2) is 17.3 Å². The zero-order valence-corrected chi connectivity index (χ0v) is 29.0. The Bertz CT molecular complexity index is 2090. The number of urea groups is 3. The van der Waals surface area contributed by atoms with Crippen LogP contribution in [-0.4, -0.2) is 115 Å². The van der Waals surface area contributed by atoms with Crippen LogP contribution in [-0.2, 0) is 11.2 Å². The summed E-state index contributed by atoms with van der Waals surface area (Å²) in [7, 11) is -1.95. The number of carboxylic acids is 1. The molecule has 2 atom stereocenters. The number of hydrogen-bond donors (Lipinski definition) is 8. The molecule has 7 amide bonds. The van der Waals surface area contributed by atoms with Gasteiger partial charge in [-0.2, -0.15) is 0 Å². The number of anilines is 1. The van der Waals surface area contributed by atoms with E-state index >= 15 is 0 Å². The molecule has 8 N–H and O–H groups in total. The van der Waals surface area contributed by atoms with Gasteiger partial charge in [-0.1, -0.05) is 17.7 Å². The van der Waals surface area contributed by atoms with Gasteiger partial charge < -0.3 is 55.9 Å². The van der Waals surface area contributed by atoms with Gasteiger partial charge in [-0.25, -0.2) is 37.2 Å². The SMILES string of the molecule is O=C(O)c1c(F)ccc2c1OB(O)[C@@H](NC(=O)[C@@H](NC(=O)N1CCN(C3CCN(C(=O)Nc4cc(O)ccc4F)CC3)C1=O)c1cc(F)c(O)c(O)c1Cl)C2. The lowest BCUT2D eigenvalue weighted by Crippen LogP contribution is -2.56. The van der Waals surface area contributed by atoms with E-state index in [2.05, 4.69) is 16.0 Å². The molecule has 22 heteroatoms. The second-order valence-corrected chi connectivity index (χ2v) is 13.2. The second-order valence-electron chi connectivity index (χ2n) is 12.8. The summed E-state index contributed by atoms with van der Waals surface area (Å²) in [4.78, 5) is 68.8. The normalized spacial score (nSPS) is 17.7. The predicted octanol–water partition coefficient (Wildman–Crippen LogP) is 2.90. The first-order chi connectivity index (χ1) is 26.0. The molecule has 0 unspecified atom stereocenters. The zero-order valence-electron chi connectivity index (χ0n) is 28.3. The molecule has 0 spiro atoms. The number of fused-ring (bicyclic) bond motifs is 1. The van der Waals surface area contributed by atoms with Crippen LogP contribution in [0.1, 0.15) is 40.4 Å². The summed E-state index contributed by atoms with van der Waals surface area (Å²) in [5.41, 5.74) is -1.56. The van der Waals surface area contributed by atoms with Crippen molar-refractivity contribution in [3.63, 3.8) is 0 Å². The smallest absolute Gasteiger partial charge is 0.534 e. The van der Waals surface area contributed by atoms with E-state index in [9.17, 15) is 62.6 Å². The molecule has 290 valence electrons. The zero-order chi connectivity index (χ0) is 39.9. The first kappa shape index (κ1) is 38.6. The highest BCUT2D eigenvalue weighted by Gasteiger charge is 2.43. The van der Waals surface area contributed by atoms with Gasteiger partial charge in [0.25, 0.3) is 0 Å². The molecule has 55 heavy (non-hydrogen) atoms. The molecule has 3 aliphatic rings. The number of aromatic hydroxyl groups is 3. The van der Waals surface area contributed by atoms with E-state index in [1.165, 1.54) is 15.9 Å². The number of benzene rings is 3. The standard InChI is InChI=1S/C33H31BClF3N6O11/c35-24-17(13-20(38)26(46)27(24)47)25(29(48)40-22-11-14-1-3-19(37)23(30(49)50)28(14)55-34(22)54)41-32(52)44-10-9-43(33(44)53)15-5-7-42(8-6-15)31(51)39-21-12-16(45)2-4-18(21)36/h1-4,12-13,15,22,25,45-47,54H,5-11H2,(H,39,51)(H,40,48)(H,41,52)(H,49,50)/t22-,25-/m0/s1. The van der Waals surface area contributed by atoms with Gasteiger partial charge in [-0.3, -0.25) is 4.79 Å². The summed E-state index contributed by atoms with van der Waals surface area (Å²) in [6.45, 7) is 0.177. The minimum absolute atomic E-state index is 0.0494. The van der Waals surface area contributed by atoms with Crippen molar-refractivity contribution in [1.29, 1.82) is 0 Å². The number of carbonyl (C=O) groups excluding carboxylic acids is 4. The van der Waals surface area contributed by atoms with Gasteiger partial charge in [0, 0.05) is 43.9 Å². The fourth-order valence-electron chi connectivity index (χ4n) is 6.61. The van der Waals surface area contributed by atoms with Crippen molar-refractivity contribution in [2.75, 3.05) is 31.5 Å². The number of nitrogens with zero attached hydrogens (tertiary/aromatic N) is 3. The molecule has 0 radical (unpaired) electrons. The highest BCUT2D eigenvalue weighted by atomic mass is 35.5. The number of phenolic OH excluding ortho intramolecular Hbond substituents is 3. The predicted molar refractivity (Wildman–Crippen MR) is 184 cm³/mol. The Morgan fingerprint density at radius 2 is 1.60 bits per heavy atom. The number of rotatable bonds is 7. The third-order valence-electron chi connectivity index (χ3n) is 9.46. The van der Waals surface area contributed by atoms with Crippen LogP contribution in [0.2, 0.25) is 5.02 Å². The number of nitrogens with one attached hydrogen (secondary N) is 3. The monoisotopic (exact) mass is 790 g/mol.